The van der Waals surface area contributed by atoms with Crippen LogP contribution in [0.25, 0.3) is 0 Å². The van der Waals surface area contributed by atoms with Crippen LogP contribution in [-0.2, 0) is 16.1 Å². The minimum absolute atomic E-state index is 0.0125. The summed E-state index contributed by atoms with van der Waals surface area (Å²) in [6, 6.07) is 10.1. The molecule has 1 atom stereocenters. The van der Waals surface area contributed by atoms with Crippen LogP contribution in [0.3, 0.4) is 0 Å². The smallest absolute Gasteiger partial charge is 0.305 e. The van der Waals surface area contributed by atoms with Crippen LogP contribution in [0.4, 0.5) is 0 Å². The normalized spacial score (nSPS) is 21.3. The molecule has 0 amide bonds. The standard InChI is InChI=1S/C13H17NO3/c15-13(16)8-12-10-17-7-6-14(12)9-11-4-2-1-3-5-11/h1-5,12H,6-10H2,(H,15,16)/t12-/m0/s1. The van der Waals surface area contributed by atoms with E-state index in [1.807, 2.05) is 18.2 Å². The second kappa shape index (κ2) is 5.80. The molecule has 0 radical (unpaired) electrons. The molecular formula is C13H17NO3. The monoisotopic (exact) mass is 235 g/mol. The maximum Gasteiger partial charge on any atom is 0.305 e. The second-order valence-corrected chi connectivity index (χ2v) is 4.28. The summed E-state index contributed by atoms with van der Waals surface area (Å²) in [5, 5.41) is 8.87. The first kappa shape index (κ1) is 12.1. The van der Waals surface area contributed by atoms with Crippen LogP contribution in [0.15, 0.2) is 30.3 Å². The summed E-state index contributed by atoms with van der Waals surface area (Å²) in [4.78, 5) is 13.0. The van der Waals surface area contributed by atoms with E-state index in [0.717, 1.165) is 13.1 Å². The van der Waals surface area contributed by atoms with E-state index in [-0.39, 0.29) is 12.5 Å². The Morgan fingerprint density at radius 3 is 2.88 bits per heavy atom. The van der Waals surface area contributed by atoms with Gasteiger partial charge in [0.2, 0.25) is 0 Å². The fraction of sp³-hybridized carbons (Fsp3) is 0.462. The molecule has 4 heteroatoms. The average Bonchev–Trinajstić information content (AvgIpc) is 2.32. The van der Waals surface area contributed by atoms with E-state index in [9.17, 15) is 4.79 Å². The van der Waals surface area contributed by atoms with Crippen LogP contribution in [0.2, 0.25) is 0 Å². The second-order valence-electron chi connectivity index (χ2n) is 4.28. The Morgan fingerprint density at radius 2 is 2.18 bits per heavy atom. The van der Waals surface area contributed by atoms with E-state index in [1.54, 1.807) is 0 Å². The molecule has 1 saturated heterocycles. The van der Waals surface area contributed by atoms with E-state index < -0.39 is 5.97 Å². The Hall–Kier alpha value is -1.39. The fourth-order valence-electron chi connectivity index (χ4n) is 2.10. The first-order valence-corrected chi connectivity index (χ1v) is 5.83. The minimum atomic E-state index is -0.765. The third-order valence-electron chi connectivity index (χ3n) is 2.99. The van der Waals surface area contributed by atoms with Crippen molar-refractivity contribution in [3.05, 3.63) is 35.9 Å². The summed E-state index contributed by atoms with van der Waals surface area (Å²) in [5.41, 5.74) is 1.21. The maximum atomic E-state index is 10.8. The quantitative estimate of drug-likeness (QED) is 0.856. The van der Waals surface area contributed by atoms with Crippen molar-refractivity contribution in [3.8, 4) is 0 Å². The summed E-state index contributed by atoms with van der Waals surface area (Å²) in [5.74, 6) is -0.765. The molecule has 1 aromatic rings. The van der Waals surface area contributed by atoms with Crippen LogP contribution >= 0.6 is 0 Å². The molecular weight excluding hydrogens is 218 g/mol. The minimum Gasteiger partial charge on any atom is -0.481 e. The van der Waals surface area contributed by atoms with Gasteiger partial charge in [-0.2, -0.15) is 0 Å². The molecule has 1 fully saturated rings. The van der Waals surface area contributed by atoms with Crippen LogP contribution in [-0.4, -0.2) is 41.8 Å². The molecule has 0 spiro atoms. The lowest BCUT2D eigenvalue weighted by Crippen LogP contribution is -2.45. The lowest BCUT2D eigenvalue weighted by molar-refractivity contribution is -0.140. The van der Waals surface area contributed by atoms with Crippen molar-refractivity contribution in [1.82, 2.24) is 4.90 Å². The van der Waals surface area contributed by atoms with E-state index in [0.29, 0.717) is 13.2 Å². The SMILES string of the molecule is O=C(O)C[C@H]1COCCN1Cc1ccccc1. The molecule has 1 heterocycles. The number of aliphatic carboxylic acids is 1. The van der Waals surface area contributed by atoms with E-state index in [1.165, 1.54) is 5.56 Å². The van der Waals surface area contributed by atoms with Gasteiger partial charge in [-0.25, -0.2) is 0 Å². The Balaban J connectivity index is 1.99. The molecule has 0 aliphatic carbocycles. The largest absolute Gasteiger partial charge is 0.481 e. The molecule has 1 aliphatic heterocycles. The number of morpholine rings is 1. The summed E-state index contributed by atoms with van der Waals surface area (Å²) < 4.78 is 5.35. The Bertz CT molecular complexity index is 366. The van der Waals surface area contributed by atoms with Gasteiger partial charge in [-0.05, 0) is 5.56 Å². The molecule has 92 valence electrons. The van der Waals surface area contributed by atoms with Gasteiger partial charge in [0.1, 0.15) is 0 Å². The molecule has 1 aliphatic rings. The van der Waals surface area contributed by atoms with Gasteiger partial charge in [0.05, 0.1) is 19.6 Å². The zero-order chi connectivity index (χ0) is 12.1. The molecule has 17 heavy (non-hydrogen) atoms. The zero-order valence-electron chi connectivity index (χ0n) is 9.71. The Kier molecular flexibility index (Phi) is 4.12. The lowest BCUT2D eigenvalue weighted by atomic mass is 10.1. The number of benzene rings is 1. The highest BCUT2D eigenvalue weighted by Gasteiger charge is 2.25. The van der Waals surface area contributed by atoms with Crippen molar-refractivity contribution in [1.29, 1.82) is 0 Å². The highest BCUT2D eigenvalue weighted by atomic mass is 16.5. The fourth-order valence-corrected chi connectivity index (χ4v) is 2.10. The number of carboxylic acids is 1. The first-order valence-electron chi connectivity index (χ1n) is 5.83. The molecule has 4 nitrogen and oxygen atoms in total. The molecule has 0 unspecified atom stereocenters. The average molecular weight is 235 g/mol. The third kappa shape index (κ3) is 3.54. The van der Waals surface area contributed by atoms with Gasteiger partial charge in [-0.15, -0.1) is 0 Å². The van der Waals surface area contributed by atoms with Crippen molar-refractivity contribution >= 4 is 5.97 Å². The number of ether oxygens (including phenoxy) is 1. The summed E-state index contributed by atoms with van der Waals surface area (Å²) in [6.07, 6.45) is 0.146. The van der Waals surface area contributed by atoms with Crippen LogP contribution < -0.4 is 0 Å². The van der Waals surface area contributed by atoms with Gasteiger partial charge in [0.15, 0.2) is 0 Å². The van der Waals surface area contributed by atoms with Crippen molar-refractivity contribution in [2.75, 3.05) is 19.8 Å². The Morgan fingerprint density at radius 1 is 1.41 bits per heavy atom. The van der Waals surface area contributed by atoms with Gasteiger partial charge in [-0.1, -0.05) is 30.3 Å². The molecule has 0 saturated carbocycles. The number of carboxylic acid groups (broad SMARTS) is 1. The number of rotatable bonds is 4. The van der Waals surface area contributed by atoms with Crippen molar-refractivity contribution < 1.29 is 14.6 Å². The van der Waals surface area contributed by atoms with Gasteiger partial charge in [-0.3, -0.25) is 9.69 Å². The molecule has 1 aromatic carbocycles. The highest BCUT2D eigenvalue weighted by Crippen LogP contribution is 2.14. The predicted octanol–water partition coefficient (Wildman–Crippen LogP) is 1.36. The predicted molar refractivity (Wildman–Crippen MR) is 63.7 cm³/mol. The van der Waals surface area contributed by atoms with Crippen molar-refractivity contribution in [2.45, 2.75) is 19.0 Å². The Labute approximate surface area is 101 Å². The highest BCUT2D eigenvalue weighted by molar-refractivity contribution is 5.67. The molecule has 2 rings (SSSR count). The van der Waals surface area contributed by atoms with Gasteiger partial charge >= 0.3 is 5.97 Å². The van der Waals surface area contributed by atoms with Crippen molar-refractivity contribution in [2.24, 2.45) is 0 Å². The lowest BCUT2D eigenvalue weighted by Gasteiger charge is -2.34. The number of nitrogens with zero attached hydrogens (tertiary/aromatic N) is 1. The number of hydrogen-bond acceptors (Lipinski definition) is 3. The summed E-state index contributed by atoms with van der Waals surface area (Å²) >= 11 is 0. The zero-order valence-corrected chi connectivity index (χ0v) is 9.71. The molecule has 0 aromatic heterocycles. The molecule has 1 N–H and O–H groups in total. The maximum absolute atomic E-state index is 10.8. The first-order chi connectivity index (χ1) is 8.25. The van der Waals surface area contributed by atoms with Crippen LogP contribution in [0.5, 0.6) is 0 Å². The van der Waals surface area contributed by atoms with Crippen molar-refractivity contribution in [3.63, 3.8) is 0 Å². The van der Waals surface area contributed by atoms with Gasteiger partial charge in [0.25, 0.3) is 0 Å². The molecule has 0 bridgehead atoms. The number of carbonyl (C=O) groups is 1. The number of hydrogen-bond donors (Lipinski definition) is 1. The van der Waals surface area contributed by atoms with E-state index in [4.69, 9.17) is 9.84 Å². The topological polar surface area (TPSA) is 49.8 Å². The van der Waals surface area contributed by atoms with E-state index in [2.05, 4.69) is 17.0 Å². The van der Waals surface area contributed by atoms with E-state index >= 15 is 0 Å². The summed E-state index contributed by atoms with van der Waals surface area (Å²) in [7, 11) is 0. The van der Waals surface area contributed by atoms with Gasteiger partial charge < -0.3 is 9.84 Å². The third-order valence-corrected chi connectivity index (χ3v) is 2.99. The summed E-state index contributed by atoms with van der Waals surface area (Å²) in [6.45, 7) is 2.79. The van der Waals surface area contributed by atoms with Crippen LogP contribution in [0, 0.1) is 0 Å². The van der Waals surface area contributed by atoms with Gasteiger partial charge in [0, 0.05) is 19.1 Å². The van der Waals surface area contributed by atoms with Crippen LogP contribution in [0.1, 0.15) is 12.0 Å².